The number of aliphatic carboxylic acids is 1. The fraction of sp³-hybridized carbons (Fsp3) is 0.417. The van der Waals surface area contributed by atoms with Crippen LogP contribution in [0.2, 0.25) is 0 Å². The molecule has 1 aromatic heterocycles. The maximum absolute atomic E-state index is 12.0. The maximum Gasteiger partial charge on any atom is 0.328 e. The van der Waals surface area contributed by atoms with Crippen molar-refractivity contribution in [3.63, 3.8) is 0 Å². The van der Waals surface area contributed by atoms with Crippen molar-refractivity contribution in [2.75, 3.05) is 11.1 Å². The SMILES string of the molecule is O=C(O)/C=C/c1cnc(NC(=O)C2CCCCS2(=O)=O)s1. The summed E-state index contributed by atoms with van der Waals surface area (Å²) >= 11 is 1.08. The van der Waals surface area contributed by atoms with Crippen LogP contribution >= 0.6 is 11.3 Å². The highest BCUT2D eigenvalue weighted by Crippen LogP contribution is 2.23. The zero-order chi connectivity index (χ0) is 15.5. The molecular formula is C12H14N2O5S2. The van der Waals surface area contributed by atoms with E-state index in [2.05, 4.69) is 10.3 Å². The van der Waals surface area contributed by atoms with Gasteiger partial charge in [0, 0.05) is 17.2 Å². The van der Waals surface area contributed by atoms with Gasteiger partial charge in [-0.05, 0) is 18.9 Å². The van der Waals surface area contributed by atoms with Gasteiger partial charge in [-0.2, -0.15) is 0 Å². The van der Waals surface area contributed by atoms with E-state index in [4.69, 9.17) is 5.11 Å². The minimum absolute atomic E-state index is 0.0373. The average molecular weight is 330 g/mol. The van der Waals surface area contributed by atoms with E-state index < -0.39 is 27.0 Å². The molecule has 0 saturated carbocycles. The first-order chi connectivity index (χ1) is 9.88. The number of rotatable bonds is 4. The summed E-state index contributed by atoms with van der Waals surface area (Å²) in [6.45, 7) is 0. The second-order valence-corrected chi connectivity index (χ2v) is 7.95. The largest absolute Gasteiger partial charge is 0.478 e. The highest BCUT2D eigenvalue weighted by molar-refractivity contribution is 7.92. The normalized spacial score (nSPS) is 21.2. The van der Waals surface area contributed by atoms with Crippen molar-refractivity contribution in [1.82, 2.24) is 4.98 Å². The van der Waals surface area contributed by atoms with Gasteiger partial charge in [0.1, 0.15) is 5.25 Å². The van der Waals surface area contributed by atoms with Crippen LogP contribution < -0.4 is 5.32 Å². The topological polar surface area (TPSA) is 113 Å². The molecule has 1 amide bonds. The average Bonchev–Trinajstić information content (AvgIpc) is 2.83. The Bertz CT molecular complexity index is 678. The number of nitrogens with one attached hydrogen (secondary N) is 1. The first-order valence-corrected chi connectivity index (χ1v) is 8.81. The third kappa shape index (κ3) is 4.11. The molecule has 0 aliphatic carbocycles. The van der Waals surface area contributed by atoms with Gasteiger partial charge in [0.05, 0.1) is 5.75 Å². The Hall–Kier alpha value is -1.74. The molecule has 1 aromatic rings. The lowest BCUT2D eigenvalue weighted by Gasteiger charge is -2.20. The lowest BCUT2D eigenvalue weighted by molar-refractivity contribution is -0.131. The Labute approximate surface area is 125 Å². The van der Waals surface area contributed by atoms with Crippen molar-refractivity contribution < 1.29 is 23.1 Å². The molecule has 0 radical (unpaired) electrons. The van der Waals surface area contributed by atoms with Crippen LogP contribution in [0, 0.1) is 0 Å². The number of carbonyl (C=O) groups is 2. The van der Waals surface area contributed by atoms with Crippen molar-refractivity contribution >= 4 is 44.3 Å². The molecule has 114 valence electrons. The van der Waals surface area contributed by atoms with E-state index in [1.807, 2.05) is 0 Å². The Kier molecular flexibility index (Phi) is 4.73. The zero-order valence-corrected chi connectivity index (χ0v) is 12.6. The summed E-state index contributed by atoms with van der Waals surface area (Å²) in [7, 11) is -3.38. The van der Waals surface area contributed by atoms with Gasteiger partial charge >= 0.3 is 5.97 Å². The highest BCUT2D eigenvalue weighted by Gasteiger charge is 2.35. The van der Waals surface area contributed by atoms with Crippen LogP contribution in [0.15, 0.2) is 12.3 Å². The fourth-order valence-electron chi connectivity index (χ4n) is 2.01. The van der Waals surface area contributed by atoms with Crippen molar-refractivity contribution in [2.45, 2.75) is 24.5 Å². The predicted octanol–water partition coefficient (Wildman–Crippen LogP) is 1.15. The molecule has 2 heterocycles. The van der Waals surface area contributed by atoms with Crippen LogP contribution in [0.5, 0.6) is 0 Å². The summed E-state index contributed by atoms with van der Waals surface area (Å²) in [6.07, 6.45) is 5.35. The van der Waals surface area contributed by atoms with Gasteiger partial charge in [0.25, 0.3) is 0 Å². The number of sulfone groups is 1. The molecule has 0 aromatic carbocycles. The van der Waals surface area contributed by atoms with E-state index in [-0.39, 0.29) is 10.9 Å². The molecule has 0 bridgehead atoms. The van der Waals surface area contributed by atoms with Crippen LogP contribution in [-0.2, 0) is 19.4 Å². The minimum atomic E-state index is -3.38. The van der Waals surface area contributed by atoms with Gasteiger partial charge in [-0.15, -0.1) is 0 Å². The molecule has 1 aliphatic heterocycles. The molecule has 1 atom stereocenters. The van der Waals surface area contributed by atoms with Crippen molar-refractivity contribution in [1.29, 1.82) is 0 Å². The molecule has 1 fully saturated rings. The number of carbonyl (C=O) groups excluding carboxylic acids is 1. The zero-order valence-electron chi connectivity index (χ0n) is 11.0. The molecule has 7 nitrogen and oxygen atoms in total. The number of anilines is 1. The molecule has 1 saturated heterocycles. The first-order valence-electron chi connectivity index (χ1n) is 6.28. The smallest absolute Gasteiger partial charge is 0.328 e. The van der Waals surface area contributed by atoms with Crippen LogP contribution in [0.4, 0.5) is 5.13 Å². The van der Waals surface area contributed by atoms with Gasteiger partial charge in [0.15, 0.2) is 15.0 Å². The molecular weight excluding hydrogens is 316 g/mol. The van der Waals surface area contributed by atoms with Crippen LogP contribution in [0.1, 0.15) is 24.1 Å². The second kappa shape index (κ2) is 6.35. The highest BCUT2D eigenvalue weighted by atomic mass is 32.2. The summed E-state index contributed by atoms with van der Waals surface area (Å²) in [4.78, 5) is 26.9. The van der Waals surface area contributed by atoms with Crippen molar-refractivity contribution in [2.24, 2.45) is 0 Å². The quantitative estimate of drug-likeness (QED) is 0.801. The lowest BCUT2D eigenvalue weighted by Crippen LogP contribution is -2.39. The van der Waals surface area contributed by atoms with Crippen LogP contribution in [-0.4, -0.2) is 41.4 Å². The Morgan fingerprint density at radius 2 is 2.19 bits per heavy atom. The van der Waals surface area contributed by atoms with Crippen molar-refractivity contribution in [3.05, 3.63) is 17.2 Å². The number of nitrogens with zero attached hydrogens (tertiary/aromatic N) is 1. The molecule has 1 aliphatic rings. The summed E-state index contributed by atoms with van der Waals surface area (Å²) in [5, 5.41) is 10.2. The number of aromatic nitrogens is 1. The van der Waals surface area contributed by atoms with Crippen molar-refractivity contribution in [3.8, 4) is 0 Å². The lowest BCUT2D eigenvalue weighted by atomic mass is 10.2. The van der Waals surface area contributed by atoms with Crippen LogP contribution in [0.3, 0.4) is 0 Å². The van der Waals surface area contributed by atoms with Gasteiger partial charge in [-0.1, -0.05) is 17.8 Å². The van der Waals surface area contributed by atoms with Gasteiger partial charge in [-0.25, -0.2) is 18.2 Å². The third-order valence-corrected chi connectivity index (χ3v) is 6.07. The number of hydrogen-bond donors (Lipinski definition) is 2. The van der Waals surface area contributed by atoms with Crippen LogP contribution in [0.25, 0.3) is 6.08 Å². The van der Waals surface area contributed by atoms with E-state index in [1.54, 1.807) is 0 Å². The number of amides is 1. The number of hydrogen-bond acceptors (Lipinski definition) is 6. The van der Waals surface area contributed by atoms with E-state index >= 15 is 0 Å². The molecule has 21 heavy (non-hydrogen) atoms. The maximum atomic E-state index is 12.0. The van der Waals surface area contributed by atoms with E-state index in [1.165, 1.54) is 12.3 Å². The summed E-state index contributed by atoms with van der Waals surface area (Å²) < 4.78 is 23.7. The molecule has 0 spiro atoms. The predicted molar refractivity (Wildman–Crippen MR) is 78.8 cm³/mol. The summed E-state index contributed by atoms with van der Waals surface area (Å²) in [5.41, 5.74) is 0. The minimum Gasteiger partial charge on any atom is -0.478 e. The number of thiazole rings is 1. The van der Waals surface area contributed by atoms with Gasteiger partial charge in [0.2, 0.25) is 5.91 Å². The van der Waals surface area contributed by atoms with E-state index in [0.29, 0.717) is 24.1 Å². The Morgan fingerprint density at radius 1 is 1.43 bits per heavy atom. The van der Waals surface area contributed by atoms with Gasteiger partial charge in [-0.3, -0.25) is 4.79 Å². The van der Waals surface area contributed by atoms with Gasteiger partial charge < -0.3 is 10.4 Å². The third-order valence-electron chi connectivity index (χ3n) is 3.01. The summed E-state index contributed by atoms with van der Waals surface area (Å²) in [5.74, 6) is -1.62. The van der Waals surface area contributed by atoms with E-state index in [9.17, 15) is 18.0 Å². The number of carboxylic acids is 1. The molecule has 2 N–H and O–H groups in total. The fourth-order valence-corrected chi connectivity index (χ4v) is 4.53. The Balaban J connectivity index is 2.04. The summed E-state index contributed by atoms with van der Waals surface area (Å²) in [6, 6.07) is 0. The number of carboxylic acid groups (broad SMARTS) is 1. The monoisotopic (exact) mass is 330 g/mol. The van der Waals surface area contributed by atoms with E-state index in [0.717, 1.165) is 17.4 Å². The standard InChI is InChI=1S/C12H14N2O5S2/c15-10(16)5-4-8-7-13-12(20-8)14-11(17)9-3-1-2-6-21(9,18)19/h4-5,7,9H,1-3,6H2,(H,15,16)(H,13,14,17)/b5-4+. The molecule has 9 heteroatoms. The molecule has 2 rings (SSSR count). The molecule has 1 unspecified atom stereocenters. The first kappa shape index (κ1) is 15.6. The Morgan fingerprint density at radius 3 is 2.86 bits per heavy atom. The second-order valence-electron chi connectivity index (χ2n) is 4.58.